The van der Waals surface area contributed by atoms with Gasteiger partial charge in [-0.05, 0) is 40.0 Å². The molecule has 1 heterocycles. The third kappa shape index (κ3) is 4.42. The van der Waals surface area contributed by atoms with E-state index in [9.17, 15) is 9.90 Å². The van der Waals surface area contributed by atoms with Crippen molar-refractivity contribution in [3.63, 3.8) is 0 Å². The average Bonchev–Trinajstić information content (AvgIpc) is 3.11. The quantitative estimate of drug-likeness (QED) is 0.865. The van der Waals surface area contributed by atoms with Crippen molar-refractivity contribution in [2.75, 3.05) is 0 Å². The number of ether oxygens (including phenoxy) is 1. The lowest BCUT2D eigenvalue weighted by atomic mass is 10.1. The number of hydrogen-bond acceptors (Lipinski definition) is 6. The van der Waals surface area contributed by atoms with Gasteiger partial charge < -0.3 is 19.7 Å². The Labute approximate surface area is 124 Å². The first kappa shape index (κ1) is 15.8. The Balaban J connectivity index is 1.96. The molecule has 7 heteroatoms. The summed E-state index contributed by atoms with van der Waals surface area (Å²) in [4.78, 5) is 16.0. The summed E-state index contributed by atoms with van der Waals surface area (Å²) in [5.41, 5.74) is -0.585. The Bertz CT molecular complexity index is 491. The van der Waals surface area contributed by atoms with E-state index in [1.165, 1.54) is 0 Å². The summed E-state index contributed by atoms with van der Waals surface area (Å²) in [7, 11) is 0. The summed E-state index contributed by atoms with van der Waals surface area (Å²) in [6.45, 7) is 7.20. The van der Waals surface area contributed by atoms with Crippen LogP contribution < -0.4 is 5.32 Å². The van der Waals surface area contributed by atoms with Gasteiger partial charge in [0.15, 0.2) is 0 Å². The summed E-state index contributed by atoms with van der Waals surface area (Å²) >= 11 is 0. The fourth-order valence-electron chi connectivity index (χ4n) is 1.91. The van der Waals surface area contributed by atoms with E-state index in [4.69, 9.17) is 9.26 Å². The maximum absolute atomic E-state index is 11.8. The fraction of sp³-hybridized carbons (Fsp3) is 0.786. The molecule has 1 fully saturated rings. The standard InChI is InChI=1S/C14H23N3O4/c1-5-9(15-13(19)20-14(2,3)4)10(18)11-16-12(21-17-11)8-6-7-8/h8-10,18H,5-7H2,1-4H3,(H,15,19)/t9-,10?/m1/s1. The molecule has 0 radical (unpaired) electrons. The molecule has 2 rings (SSSR count). The summed E-state index contributed by atoms with van der Waals surface area (Å²) in [6, 6.07) is -0.524. The highest BCUT2D eigenvalue weighted by atomic mass is 16.6. The van der Waals surface area contributed by atoms with Gasteiger partial charge in [-0.15, -0.1) is 0 Å². The van der Waals surface area contributed by atoms with Crippen LogP contribution in [0.25, 0.3) is 0 Å². The third-order valence-corrected chi connectivity index (χ3v) is 3.17. The molecule has 0 bridgehead atoms. The SMILES string of the molecule is CC[C@@H](NC(=O)OC(C)(C)C)C(O)c1noc(C2CC2)n1. The molecule has 2 N–H and O–H groups in total. The molecule has 0 aromatic carbocycles. The van der Waals surface area contributed by atoms with Gasteiger partial charge in [0.1, 0.15) is 11.7 Å². The molecular formula is C14H23N3O4. The average molecular weight is 297 g/mol. The van der Waals surface area contributed by atoms with Crippen molar-refractivity contribution < 1.29 is 19.2 Å². The molecule has 0 aliphatic heterocycles. The highest BCUT2D eigenvalue weighted by Gasteiger charge is 2.32. The molecule has 21 heavy (non-hydrogen) atoms. The Morgan fingerprint density at radius 2 is 2.19 bits per heavy atom. The summed E-state index contributed by atoms with van der Waals surface area (Å²) in [5.74, 6) is 1.10. The first-order valence-electron chi connectivity index (χ1n) is 7.31. The van der Waals surface area contributed by atoms with E-state index in [-0.39, 0.29) is 5.82 Å². The molecule has 118 valence electrons. The van der Waals surface area contributed by atoms with Crippen LogP contribution in [-0.2, 0) is 4.74 Å². The van der Waals surface area contributed by atoms with Gasteiger partial charge >= 0.3 is 6.09 Å². The number of hydrogen-bond donors (Lipinski definition) is 2. The lowest BCUT2D eigenvalue weighted by Gasteiger charge is -2.24. The Kier molecular flexibility index (Phi) is 4.51. The van der Waals surface area contributed by atoms with Crippen LogP contribution in [0.15, 0.2) is 4.52 Å². The molecule has 1 saturated carbocycles. The summed E-state index contributed by atoms with van der Waals surface area (Å²) in [5, 5.41) is 16.7. The normalized spacial score (nSPS) is 18.1. The van der Waals surface area contributed by atoms with E-state index in [1.807, 2.05) is 6.92 Å². The highest BCUT2D eigenvalue weighted by Crippen LogP contribution is 2.39. The molecule has 1 unspecified atom stereocenters. The van der Waals surface area contributed by atoms with Gasteiger partial charge in [0.2, 0.25) is 11.7 Å². The van der Waals surface area contributed by atoms with E-state index < -0.39 is 23.8 Å². The topological polar surface area (TPSA) is 97.5 Å². The van der Waals surface area contributed by atoms with Crippen LogP contribution in [0.3, 0.4) is 0 Å². The number of nitrogens with one attached hydrogen (secondary N) is 1. The van der Waals surface area contributed by atoms with Crippen molar-refractivity contribution in [3.8, 4) is 0 Å². The molecule has 1 amide bonds. The predicted octanol–water partition coefficient (Wildman–Crippen LogP) is 2.28. The van der Waals surface area contributed by atoms with E-state index in [0.717, 1.165) is 12.8 Å². The minimum atomic E-state index is -1.02. The Morgan fingerprint density at radius 1 is 1.52 bits per heavy atom. The highest BCUT2D eigenvalue weighted by molar-refractivity contribution is 5.68. The number of rotatable bonds is 5. The largest absolute Gasteiger partial charge is 0.444 e. The lowest BCUT2D eigenvalue weighted by molar-refractivity contribution is 0.0406. The van der Waals surface area contributed by atoms with Crippen molar-refractivity contribution in [2.45, 2.75) is 70.6 Å². The number of nitrogens with zero attached hydrogens (tertiary/aromatic N) is 2. The van der Waals surface area contributed by atoms with Crippen molar-refractivity contribution >= 4 is 6.09 Å². The Morgan fingerprint density at radius 3 is 2.71 bits per heavy atom. The van der Waals surface area contributed by atoms with E-state index in [0.29, 0.717) is 18.2 Å². The van der Waals surface area contributed by atoms with Gasteiger partial charge in [0, 0.05) is 5.92 Å². The third-order valence-electron chi connectivity index (χ3n) is 3.17. The van der Waals surface area contributed by atoms with Gasteiger partial charge in [-0.25, -0.2) is 4.79 Å². The van der Waals surface area contributed by atoms with Crippen LogP contribution in [0, 0.1) is 0 Å². The van der Waals surface area contributed by atoms with Gasteiger partial charge in [-0.1, -0.05) is 12.1 Å². The molecule has 2 atom stereocenters. The maximum atomic E-state index is 11.8. The molecule has 0 saturated heterocycles. The smallest absolute Gasteiger partial charge is 0.407 e. The first-order chi connectivity index (χ1) is 9.80. The number of carbonyl (C=O) groups excluding carboxylic acids is 1. The molecule has 0 spiro atoms. The summed E-state index contributed by atoms with van der Waals surface area (Å²) < 4.78 is 10.3. The predicted molar refractivity (Wildman–Crippen MR) is 74.7 cm³/mol. The van der Waals surface area contributed by atoms with Crippen molar-refractivity contribution in [2.24, 2.45) is 0 Å². The second-order valence-electron chi connectivity index (χ2n) is 6.37. The fourth-order valence-corrected chi connectivity index (χ4v) is 1.91. The zero-order valence-corrected chi connectivity index (χ0v) is 12.9. The van der Waals surface area contributed by atoms with Crippen LogP contribution in [0.2, 0.25) is 0 Å². The first-order valence-corrected chi connectivity index (χ1v) is 7.31. The molecule has 1 aliphatic carbocycles. The van der Waals surface area contributed by atoms with Crippen LogP contribution >= 0.6 is 0 Å². The van der Waals surface area contributed by atoms with Crippen molar-refractivity contribution in [3.05, 3.63) is 11.7 Å². The van der Waals surface area contributed by atoms with Gasteiger partial charge in [-0.3, -0.25) is 0 Å². The number of aliphatic hydroxyl groups is 1. The number of carbonyl (C=O) groups is 1. The summed E-state index contributed by atoms with van der Waals surface area (Å²) in [6.07, 6.45) is 1.03. The zero-order chi connectivity index (χ0) is 15.6. The van der Waals surface area contributed by atoms with Crippen molar-refractivity contribution in [1.29, 1.82) is 0 Å². The zero-order valence-electron chi connectivity index (χ0n) is 12.9. The molecule has 1 aromatic heterocycles. The number of alkyl carbamates (subject to hydrolysis) is 1. The minimum Gasteiger partial charge on any atom is -0.444 e. The van der Waals surface area contributed by atoms with Crippen molar-refractivity contribution in [1.82, 2.24) is 15.5 Å². The lowest BCUT2D eigenvalue weighted by Crippen LogP contribution is -2.42. The van der Waals surface area contributed by atoms with Crippen LogP contribution in [0.4, 0.5) is 4.79 Å². The molecule has 1 aliphatic rings. The molecular weight excluding hydrogens is 274 g/mol. The van der Waals surface area contributed by atoms with Gasteiger partial charge in [-0.2, -0.15) is 4.98 Å². The van der Waals surface area contributed by atoms with Gasteiger partial charge in [0.25, 0.3) is 0 Å². The number of amides is 1. The number of aromatic nitrogens is 2. The van der Waals surface area contributed by atoms with E-state index in [2.05, 4.69) is 15.5 Å². The number of aliphatic hydroxyl groups excluding tert-OH is 1. The molecule has 1 aromatic rings. The van der Waals surface area contributed by atoms with Gasteiger partial charge in [0.05, 0.1) is 6.04 Å². The van der Waals surface area contributed by atoms with E-state index in [1.54, 1.807) is 20.8 Å². The second-order valence-corrected chi connectivity index (χ2v) is 6.37. The Hall–Kier alpha value is -1.63. The second kappa shape index (κ2) is 6.01. The van der Waals surface area contributed by atoms with Crippen LogP contribution in [-0.4, -0.2) is 33.0 Å². The maximum Gasteiger partial charge on any atom is 0.407 e. The molecule has 7 nitrogen and oxygen atoms in total. The van der Waals surface area contributed by atoms with Crippen LogP contribution in [0.1, 0.15) is 70.7 Å². The monoisotopic (exact) mass is 297 g/mol. The van der Waals surface area contributed by atoms with Crippen LogP contribution in [0.5, 0.6) is 0 Å². The van der Waals surface area contributed by atoms with E-state index >= 15 is 0 Å². The minimum absolute atomic E-state index is 0.208.